The molecule has 1 aliphatic carbocycles. The Morgan fingerprint density at radius 3 is 2.22 bits per heavy atom. The van der Waals surface area contributed by atoms with E-state index >= 15 is 0 Å². The molecular formula is C53H45BN2OS. The van der Waals surface area contributed by atoms with E-state index < -0.39 is 0 Å². The third kappa shape index (κ3) is 4.62. The topological polar surface area (TPSA) is 28.4 Å². The van der Waals surface area contributed by atoms with Gasteiger partial charge in [-0.3, -0.25) is 0 Å². The SMILES string of the molecule is CC1(C)CCC(C)(C)c2cc(Nc3c(-c4c5c(cc6c4sc4ccccc46)N4c6ccccc6C(C)(C)c6cccc(c64)B5)ccc4oc5ccccc5c34)ccc21. The van der Waals surface area contributed by atoms with Crippen molar-refractivity contribution in [3.05, 3.63) is 150 Å². The molecule has 3 aliphatic rings. The maximum absolute atomic E-state index is 6.64. The van der Waals surface area contributed by atoms with E-state index in [1.54, 1.807) is 0 Å². The summed E-state index contributed by atoms with van der Waals surface area (Å²) in [5.74, 6) is 0. The maximum Gasteiger partial charge on any atom is 0.198 e. The minimum absolute atomic E-state index is 0.0903. The molecule has 0 radical (unpaired) electrons. The van der Waals surface area contributed by atoms with Gasteiger partial charge in [0, 0.05) is 53.6 Å². The number of furan rings is 1. The van der Waals surface area contributed by atoms with Gasteiger partial charge in [-0.05, 0) is 105 Å². The van der Waals surface area contributed by atoms with E-state index in [0.717, 1.165) is 40.6 Å². The molecule has 2 aliphatic heterocycles. The van der Waals surface area contributed by atoms with E-state index in [-0.39, 0.29) is 16.2 Å². The summed E-state index contributed by atoms with van der Waals surface area (Å²) in [4.78, 5) is 2.60. The second kappa shape index (κ2) is 11.7. The van der Waals surface area contributed by atoms with Crippen molar-refractivity contribution >= 4 is 100 Å². The van der Waals surface area contributed by atoms with Crippen LogP contribution in [0.4, 0.5) is 28.4 Å². The first-order chi connectivity index (χ1) is 28.0. The maximum atomic E-state index is 6.64. The molecular weight excluding hydrogens is 723 g/mol. The molecule has 2 aromatic heterocycles. The second-order valence-electron chi connectivity index (χ2n) is 18.8. The molecule has 0 atom stereocenters. The molecule has 0 saturated heterocycles. The molecule has 5 heteroatoms. The van der Waals surface area contributed by atoms with E-state index in [4.69, 9.17) is 4.42 Å². The average Bonchev–Trinajstić information content (AvgIpc) is 3.79. The van der Waals surface area contributed by atoms with Gasteiger partial charge in [-0.2, -0.15) is 0 Å². The van der Waals surface area contributed by atoms with Gasteiger partial charge in [-0.15, -0.1) is 11.3 Å². The van der Waals surface area contributed by atoms with Crippen LogP contribution >= 0.6 is 11.3 Å². The zero-order valence-electron chi connectivity index (χ0n) is 34.0. The smallest absolute Gasteiger partial charge is 0.198 e. The van der Waals surface area contributed by atoms with Crippen molar-refractivity contribution in [1.82, 2.24) is 0 Å². The molecule has 9 aromatic rings. The Bertz CT molecular complexity index is 3240. The van der Waals surface area contributed by atoms with Gasteiger partial charge < -0.3 is 14.6 Å². The van der Waals surface area contributed by atoms with Gasteiger partial charge in [-0.25, -0.2) is 0 Å². The Kier molecular flexibility index (Phi) is 6.90. The first-order valence-electron chi connectivity index (χ1n) is 20.9. The van der Waals surface area contributed by atoms with Crippen LogP contribution in [0, 0.1) is 0 Å². The number of fused-ring (bicyclic) bond motifs is 11. The molecule has 0 spiro atoms. The fraction of sp³-hybridized carbons (Fsp3) is 0.208. The van der Waals surface area contributed by atoms with Crippen molar-refractivity contribution in [2.75, 3.05) is 10.2 Å². The lowest BCUT2D eigenvalue weighted by Crippen LogP contribution is -2.45. The molecule has 282 valence electrons. The van der Waals surface area contributed by atoms with Crippen molar-refractivity contribution in [3.63, 3.8) is 0 Å². The Morgan fingerprint density at radius 2 is 1.36 bits per heavy atom. The zero-order valence-corrected chi connectivity index (χ0v) is 34.8. The number of hydrogen-bond donors (Lipinski definition) is 1. The first-order valence-corrected chi connectivity index (χ1v) is 21.7. The molecule has 3 nitrogen and oxygen atoms in total. The standard InChI is InChI=1S/C53H45BN2OS/c1-51(2)26-27-52(3,4)38-28-30(22-24-35(38)51)55-48-33(23-25-43-45(48)32-15-7-11-20-42(32)57-43)46-47-41(29-34-31-14-8-12-21-44(31)58-50(34)46)56-40-19-10-9-16-36(40)53(5,6)37-17-13-18-39(54-47)49(37)56/h7-25,28-29,54-55H,26-27H2,1-6H3. The molecule has 7 aromatic carbocycles. The van der Waals surface area contributed by atoms with Crippen molar-refractivity contribution in [1.29, 1.82) is 0 Å². The molecule has 0 bridgehead atoms. The van der Waals surface area contributed by atoms with E-state index in [1.807, 2.05) is 11.3 Å². The van der Waals surface area contributed by atoms with Crippen LogP contribution in [-0.4, -0.2) is 7.28 Å². The minimum atomic E-state index is -0.124. The zero-order chi connectivity index (χ0) is 39.3. The quantitative estimate of drug-likeness (QED) is 0.182. The lowest BCUT2D eigenvalue weighted by atomic mass is 9.56. The molecule has 0 fully saturated rings. The summed E-state index contributed by atoms with van der Waals surface area (Å²) < 4.78 is 9.27. The van der Waals surface area contributed by atoms with Gasteiger partial charge in [0.05, 0.1) is 16.8 Å². The Morgan fingerprint density at radius 1 is 0.621 bits per heavy atom. The van der Waals surface area contributed by atoms with E-state index in [1.165, 1.54) is 94.4 Å². The lowest BCUT2D eigenvalue weighted by Gasteiger charge is -2.46. The predicted octanol–water partition coefficient (Wildman–Crippen LogP) is 13.5. The summed E-state index contributed by atoms with van der Waals surface area (Å²) in [6.07, 6.45) is 2.36. The van der Waals surface area contributed by atoms with Crippen molar-refractivity contribution in [2.24, 2.45) is 0 Å². The fourth-order valence-electron chi connectivity index (χ4n) is 10.9. The number of nitrogens with one attached hydrogen (secondary N) is 1. The van der Waals surface area contributed by atoms with Gasteiger partial charge in [0.25, 0.3) is 0 Å². The van der Waals surface area contributed by atoms with E-state index in [9.17, 15) is 0 Å². The number of anilines is 5. The van der Waals surface area contributed by atoms with E-state index in [2.05, 4.69) is 179 Å². The number of benzene rings is 7. The predicted molar refractivity (Wildman–Crippen MR) is 250 cm³/mol. The molecule has 58 heavy (non-hydrogen) atoms. The van der Waals surface area contributed by atoms with Crippen LogP contribution in [0.3, 0.4) is 0 Å². The Balaban J connectivity index is 1.19. The van der Waals surface area contributed by atoms with Gasteiger partial charge in [0.2, 0.25) is 0 Å². The molecule has 0 saturated carbocycles. The number of thiophene rings is 1. The van der Waals surface area contributed by atoms with Crippen LogP contribution in [0.15, 0.2) is 132 Å². The summed E-state index contributed by atoms with van der Waals surface area (Å²) in [7, 11) is 0.846. The molecule has 12 rings (SSSR count). The van der Waals surface area contributed by atoms with Crippen LogP contribution in [0.2, 0.25) is 0 Å². The number of para-hydroxylation sites is 3. The Hall–Kier alpha value is -5.78. The second-order valence-corrected chi connectivity index (χ2v) is 19.9. The van der Waals surface area contributed by atoms with Crippen LogP contribution in [-0.2, 0) is 16.2 Å². The average molecular weight is 769 g/mol. The number of hydrogen-bond acceptors (Lipinski definition) is 4. The van der Waals surface area contributed by atoms with Crippen molar-refractivity contribution < 1.29 is 4.42 Å². The highest BCUT2D eigenvalue weighted by Crippen LogP contribution is 2.55. The molecule has 4 heterocycles. The molecule has 1 N–H and O–H groups in total. The summed E-state index contributed by atoms with van der Waals surface area (Å²) in [6, 6.07) is 47.7. The minimum Gasteiger partial charge on any atom is -0.456 e. The van der Waals surface area contributed by atoms with Crippen LogP contribution in [0.25, 0.3) is 53.2 Å². The number of nitrogens with zero attached hydrogens (tertiary/aromatic N) is 1. The highest BCUT2D eigenvalue weighted by atomic mass is 32.1. The van der Waals surface area contributed by atoms with Crippen molar-refractivity contribution in [2.45, 2.75) is 70.6 Å². The van der Waals surface area contributed by atoms with E-state index in [0.29, 0.717) is 0 Å². The third-order valence-corrected chi connectivity index (χ3v) is 15.3. The highest BCUT2D eigenvalue weighted by molar-refractivity contribution is 7.26. The van der Waals surface area contributed by atoms with Crippen LogP contribution < -0.4 is 21.1 Å². The monoisotopic (exact) mass is 768 g/mol. The Labute approximate surface area is 344 Å². The summed E-state index contributed by atoms with van der Waals surface area (Å²) in [5.41, 5.74) is 18.9. The third-order valence-electron chi connectivity index (χ3n) is 14.1. The normalized spacial score (nSPS) is 16.8. The molecule has 0 unspecified atom stereocenters. The molecule has 0 amide bonds. The highest BCUT2D eigenvalue weighted by Gasteiger charge is 2.42. The largest absolute Gasteiger partial charge is 0.456 e. The summed E-state index contributed by atoms with van der Waals surface area (Å²) in [6.45, 7) is 14.4. The van der Waals surface area contributed by atoms with Crippen molar-refractivity contribution in [3.8, 4) is 11.1 Å². The van der Waals surface area contributed by atoms with Gasteiger partial charge >= 0.3 is 0 Å². The van der Waals surface area contributed by atoms with Crippen LogP contribution in [0.5, 0.6) is 0 Å². The summed E-state index contributed by atoms with van der Waals surface area (Å²) >= 11 is 1.92. The van der Waals surface area contributed by atoms with Crippen LogP contribution in [0.1, 0.15) is 76.6 Å². The first kappa shape index (κ1) is 34.3. The van der Waals surface area contributed by atoms with Gasteiger partial charge in [0.1, 0.15) is 11.2 Å². The van der Waals surface area contributed by atoms with Gasteiger partial charge in [0.15, 0.2) is 7.28 Å². The lowest BCUT2D eigenvalue weighted by molar-refractivity contribution is 0.332. The van der Waals surface area contributed by atoms with Gasteiger partial charge in [-0.1, -0.05) is 126 Å². The fourth-order valence-corrected chi connectivity index (χ4v) is 12.2. The number of rotatable bonds is 3. The summed E-state index contributed by atoms with van der Waals surface area (Å²) in [5, 5.41) is 9.00.